The monoisotopic (exact) mass is 365 g/mol. The summed E-state index contributed by atoms with van der Waals surface area (Å²) >= 11 is 0. The molecule has 1 aliphatic rings. The maximum atomic E-state index is 12.1. The number of likely N-dealkylation sites (N-methyl/N-ethyl adjacent to an activating group) is 1. The summed E-state index contributed by atoms with van der Waals surface area (Å²) in [7, 11) is 1.19. The molecule has 9 nitrogen and oxygen atoms in total. The Kier molecular flexibility index (Phi) is 4.55. The van der Waals surface area contributed by atoms with E-state index < -0.39 is 10.0 Å². The van der Waals surface area contributed by atoms with E-state index in [1.165, 1.54) is 26.2 Å². The smallest absolute Gasteiger partial charge is 0.275 e. The molecule has 1 fully saturated rings. The van der Waals surface area contributed by atoms with Crippen molar-refractivity contribution in [3.8, 4) is 17.7 Å². The van der Waals surface area contributed by atoms with Gasteiger partial charge in [0.2, 0.25) is 16.7 Å². The van der Waals surface area contributed by atoms with Crippen LogP contribution in [-0.2, 0) is 10.0 Å². The van der Waals surface area contributed by atoms with E-state index in [2.05, 4.69) is 9.88 Å². The fourth-order valence-corrected chi connectivity index (χ4v) is 3.26. The van der Waals surface area contributed by atoms with Crippen LogP contribution in [0.3, 0.4) is 0 Å². The van der Waals surface area contributed by atoms with Gasteiger partial charge >= 0.3 is 0 Å². The zero-order valence-corrected chi connectivity index (χ0v) is 15.1. The van der Waals surface area contributed by atoms with E-state index in [0.717, 1.165) is 30.5 Å². The van der Waals surface area contributed by atoms with Crippen LogP contribution in [-0.4, -0.2) is 69.9 Å². The van der Waals surface area contributed by atoms with Gasteiger partial charge in [-0.25, -0.2) is 12.7 Å². The van der Waals surface area contributed by atoms with Gasteiger partial charge in [-0.2, -0.15) is 10.2 Å². The Labute approximate surface area is 146 Å². The molecule has 0 bridgehead atoms. The molecule has 0 radical (unpaired) electrons. The van der Waals surface area contributed by atoms with E-state index in [-0.39, 0.29) is 22.4 Å². The molecule has 25 heavy (non-hydrogen) atoms. The minimum absolute atomic E-state index is 0.0886. The lowest BCUT2D eigenvalue weighted by Crippen LogP contribution is -2.44. The van der Waals surface area contributed by atoms with E-state index in [4.69, 9.17) is 8.83 Å². The van der Waals surface area contributed by atoms with Crippen molar-refractivity contribution in [3.05, 3.63) is 17.8 Å². The van der Waals surface area contributed by atoms with Crippen molar-refractivity contribution < 1.29 is 17.3 Å². The average molecular weight is 365 g/mol. The van der Waals surface area contributed by atoms with Gasteiger partial charge in [0.15, 0.2) is 5.76 Å². The van der Waals surface area contributed by atoms with Gasteiger partial charge < -0.3 is 18.6 Å². The molecule has 134 valence electrons. The number of furan rings is 1. The predicted molar refractivity (Wildman–Crippen MR) is 89.5 cm³/mol. The first-order valence-corrected chi connectivity index (χ1v) is 9.14. The van der Waals surface area contributed by atoms with Gasteiger partial charge in [0, 0.05) is 40.3 Å². The maximum Gasteiger partial charge on any atom is 0.275 e. The first-order chi connectivity index (χ1) is 11.8. The zero-order valence-electron chi connectivity index (χ0n) is 14.3. The highest BCUT2D eigenvalue weighted by Gasteiger charge is 2.27. The summed E-state index contributed by atoms with van der Waals surface area (Å²) in [5.74, 6) is 0.641. The van der Waals surface area contributed by atoms with Crippen LogP contribution >= 0.6 is 0 Å². The number of nitrogens with zero attached hydrogens (tertiary/aromatic N) is 5. The second kappa shape index (κ2) is 6.51. The van der Waals surface area contributed by atoms with Crippen LogP contribution in [0.15, 0.2) is 26.1 Å². The minimum atomic E-state index is -3.68. The van der Waals surface area contributed by atoms with Crippen molar-refractivity contribution in [3.63, 3.8) is 0 Å². The van der Waals surface area contributed by atoms with Crippen molar-refractivity contribution in [1.82, 2.24) is 14.2 Å². The van der Waals surface area contributed by atoms with Crippen molar-refractivity contribution >= 4 is 15.9 Å². The Bertz CT molecular complexity index is 901. The van der Waals surface area contributed by atoms with Gasteiger partial charge in [-0.05, 0) is 19.2 Å². The van der Waals surface area contributed by atoms with Crippen LogP contribution in [0.4, 0.5) is 5.88 Å². The summed E-state index contributed by atoms with van der Waals surface area (Å²) in [6.45, 7) is 3.15. The molecule has 0 amide bonds. The molecule has 2 aromatic heterocycles. The second-order valence-electron chi connectivity index (χ2n) is 5.98. The highest BCUT2D eigenvalue weighted by Crippen LogP contribution is 2.31. The van der Waals surface area contributed by atoms with Gasteiger partial charge in [0.1, 0.15) is 6.07 Å². The van der Waals surface area contributed by atoms with Crippen LogP contribution < -0.4 is 4.90 Å². The molecule has 10 heteroatoms. The lowest BCUT2D eigenvalue weighted by Gasteiger charge is -2.31. The van der Waals surface area contributed by atoms with Crippen LogP contribution in [0.25, 0.3) is 11.7 Å². The van der Waals surface area contributed by atoms with Crippen molar-refractivity contribution in [2.75, 3.05) is 52.2 Å². The van der Waals surface area contributed by atoms with E-state index in [0.29, 0.717) is 5.88 Å². The Balaban J connectivity index is 1.92. The molecule has 1 aliphatic heterocycles. The molecular weight excluding hydrogens is 346 g/mol. The molecule has 2 aromatic rings. The normalized spacial score (nSPS) is 16.4. The number of hydrogen-bond acceptors (Lipinski definition) is 8. The maximum absolute atomic E-state index is 12.1. The highest BCUT2D eigenvalue weighted by atomic mass is 32.2. The molecule has 3 heterocycles. The highest BCUT2D eigenvalue weighted by molar-refractivity contribution is 7.88. The summed E-state index contributed by atoms with van der Waals surface area (Å²) in [4.78, 5) is 8.29. The molecule has 0 N–H and O–H groups in total. The molecule has 1 saturated heterocycles. The Morgan fingerprint density at radius 2 is 1.88 bits per heavy atom. The molecule has 0 atom stereocenters. The lowest BCUT2D eigenvalue weighted by molar-refractivity contribution is 0.306. The number of sulfonamides is 1. The molecule has 0 spiro atoms. The summed E-state index contributed by atoms with van der Waals surface area (Å²) in [5, 5.41) is 9.12. The largest absolute Gasteiger partial charge is 0.438 e. The van der Waals surface area contributed by atoms with Crippen molar-refractivity contribution in [1.29, 1.82) is 5.26 Å². The van der Waals surface area contributed by atoms with Crippen molar-refractivity contribution in [2.24, 2.45) is 0 Å². The van der Waals surface area contributed by atoms with Gasteiger partial charge in [-0.1, -0.05) is 0 Å². The lowest BCUT2D eigenvalue weighted by atomic mass is 10.3. The number of rotatable bonds is 4. The number of nitriles is 1. The van der Waals surface area contributed by atoms with E-state index in [9.17, 15) is 13.7 Å². The SMILES string of the molecule is CN1CCN(c2oc(-c3ccc(S(=O)(=O)N(C)C)o3)nc2C#N)CC1. The number of aromatic nitrogens is 1. The second-order valence-corrected chi connectivity index (χ2v) is 8.06. The summed E-state index contributed by atoms with van der Waals surface area (Å²) in [5.41, 5.74) is 0.160. The van der Waals surface area contributed by atoms with Crippen LogP contribution in [0, 0.1) is 11.3 Å². The number of anilines is 1. The standard InChI is InChI=1S/C15H19N5O4S/c1-18(2)25(21,22)13-5-4-12(23-13)14-17-11(10-16)15(24-14)20-8-6-19(3)7-9-20/h4-5H,6-9H2,1-3H3. The summed E-state index contributed by atoms with van der Waals surface area (Å²) < 4.78 is 36.4. The van der Waals surface area contributed by atoms with Gasteiger partial charge in [-0.15, -0.1) is 0 Å². The first kappa shape index (κ1) is 17.5. The number of hydrogen-bond donors (Lipinski definition) is 0. The average Bonchev–Trinajstić information content (AvgIpc) is 3.22. The van der Waals surface area contributed by atoms with Crippen LogP contribution in [0.2, 0.25) is 0 Å². The molecule has 0 unspecified atom stereocenters. The summed E-state index contributed by atoms with van der Waals surface area (Å²) in [6, 6.07) is 4.83. The molecular formula is C15H19N5O4S. The fraction of sp³-hybridized carbons (Fsp3) is 0.467. The third kappa shape index (κ3) is 3.26. The number of piperazine rings is 1. The Morgan fingerprint density at radius 3 is 2.48 bits per heavy atom. The Morgan fingerprint density at radius 1 is 1.20 bits per heavy atom. The van der Waals surface area contributed by atoms with Crippen molar-refractivity contribution in [2.45, 2.75) is 5.09 Å². The topological polar surface area (TPSA) is 107 Å². The van der Waals surface area contributed by atoms with Gasteiger partial charge in [0.05, 0.1) is 0 Å². The third-order valence-electron chi connectivity index (χ3n) is 4.03. The minimum Gasteiger partial charge on any atom is -0.438 e. The first-order valence-electron chi connectivity index (χ1n) is 7.70. The molecule has 0 saturated carbocycles. The molecule has 0 aliphatic carbocycles. The van der Waals surface area contributed by atoms with Crippen LogP contribution in [0.5, 0.6) is 0 Å². The van der Waals surface area contributed by atoms with Gasteiger partial charge in [0.25, 0.3) is 15.9 Å². The van der Waals surface area contributed by atoms with Crippen LogP contribution in [0.1, 0.15) is 5.69 Å². The quantitative estimate of drug-likeness (QED) is 0.783. The van der Waals surface area contributed by atoms with E-state index in [1.54, 1.807) is 0 Å². The molecule has 0 aromatic carbocycles. The van der Waals surface area contributed by atoms with E-state index >= 15 is 0 Å². The predicted octanol–water partition coefficient (Wildman–Crippen LogP) is 0.808. The molecule has 3 rings (SSSR count). The summed E-state index contributed by atoms with van der Waals surface area (Å²) in [6.07, 6.45) is 0. The fourth-order valence-electron chi connectivity index (χ4n) is 2.47. The Hall–Kier alpha value is -2.35. The zero-order chi connectivity index (χ0) is 18.2. The number of oxazole rings is 1. The van der Waals surface area contributed by atoms with Gasteiger partial charge in [-0.3, -0.25) is 0 Å². The van der Waals surface area contributed by atoms with E-state index in [1.807, 2.05) is 18.0 Å². The third-order valence-corrected chi connectivity index (χ3v) is 5.72.